The monoisotopic (exact) mass is 298 g/mol. The summed E-state index contributed by atoms with van der Waals surface area (Å²) in [7, 11) is 1.81. The van der Waals surface area contributed by atoms with Crippen LogP contribution in [0.15, 0.2) is 41.8 Å². The van der Waals surface area contributed by atoms with Gasteiger partial charge in [0.05, 0.1) is 0 Å². The van der Waals surface area contributed by atoms with Crippen LogP contribution in [-0.2, 0) is 6.54 Å². The molecule has 1 fully saturated rings. The molecule has 0 spiro atoms. The molecule has 0 aromatic carbocycles. The number of hydrogen-bond donors (Lipinski definition) is 2. The third-order valence-corrected chi connectivity index (χ3v) is 3.93. The maximum Gasteiger partial charge on any atom is 0.191 e. The number of nitrogens with one attached hydrogen (secondary N) is 2. The molecule has 2 heterocycles. The summed E-state index contributed by atoms with van der Waals surface area (Å²) in [4.78, 5) is 8.64. The molecule has 22 heavy (non-hydrogen) atoms. The third kappa shape index (κ3) is 3.63. The highest BCUT2D eigenvalue weighted by atomic mass is 15.3. The van der Waals surface area contributed by atoms with Gasteiger partial charge < -0.3 is 10.6 Å². The van der Waals surface area contributed by atoms with Gasteiger partial charge in [0.25, 0.3) is 0 Å². The second kappa shape index (κ2) is 7.06. The van der Waals surface area contributed by atoms with Gasteiger partial charge in [-0.1, -0.05) is 12.8 Å². The van der Waals surface area contributed by atoms with E-state index in [1.165, 1.54) is 25.7 Å². The van der Waals surface area contributed by atoms with Crippen molar-refractivity contribution in [2.24, 2.45) is 4.99 Å². The van der Waals surface area contributed by atoms with Gasteiger partial charge in [-0.25, -0.2) is 9.67 Å². The minimum absolute atomic E-state index is 0.559. The molecule has 2 aromatic rings. The van der Waals surface area contributed by atoms with E-state index in [1.54, 1.807) is 17.1 Å². The second-order valence-corrected chi connectivity index (χ2v) is 5.52. The molecule has 0 saturated heterocycles. The average molecular weight is 298 g/mol. The van der Waals surface area contributed by atoms with Crippen LogP contribution in [0.1, 0.15) is 31.2 Å². The van der Waals surface area contributed by atoms with E-state index in [-0.39, 0.29) is 0 Å². The van der Waals surface area contributed by atoms with E-state index >= 15 is 0 Å². The van der Waals surface area contributed by atoms with Crippen molar-refractivity contribution < 1.29 is 0 Å². The van der Waals surface area contributed by atoms with Crippen molar-refractivity contribution in [3.8, 4) is 5.82 Å². The number of aliphatic imine (C=N–C) groups is 1. The maximum absolute atomic E-state index is 4.34. The first-order valence-corrected chi connectivity index (χ1v) is 7.77. The zero-order valence-electron chi connectivity index (χ0n) is 12.9. The third-order valence-electron chi connectivity index (χ3n) is 3.93. The topological polar surface area (TPSA) is 67.1 Å². The molecular formula is C16H22N6. The van der Waals surface area contributed by atoms with Crippen molar-refractivity contribution in [2.45, 2.75) is 38.3 Å². The van der Waals surface area contributed by atoms with Crippen molar-refractivity contribution in [1.82, 2.24) is 25.4 Å². The first kappa shape index (κ1) is 14.6. The molecule has 2 aromatic heterocycles. The Morgan fingerprint density at radius 3 is 2.95 bits per heavy atom. The van der Waals surface area contributed by atoms with Gasteiger partial charge in [-0.3, -0.25) is 4.99 Å². The molecule has 0 unspecified atom stereocenters. The molecule has 2 N–H and O–H groups in total. The van der Waals surface area contributed by atoms with E-state index in [0.29, 0.717) is 12.6 Å². The summed E-state index contributed by atoms with van der Waals surface area (Å²) in [6, 6.07) is 6.48. The Morgan fingerprint density at radius 2 is 2.23 bits per heavy atom. The lowest BCUT2D eigenvalue weighted by atomic mass is 10.2. The van der Waals surface area contributed by atoms with Gasteiger partial charge in [0.15, 0.2) is 11.8 Å². The van der Waals surface area contributed by atoms with Crippen LogP contribution in [0.25, 0.3) is 5.82 Å². The lowest BCUT2D eigenvalue weighted by Crippen LogP contribution is -2.41. The zero-order chi connectivity index (χ0) is 15.2. The molecular weight excluding hydrogens is 276 g/mol. The summed E-state index contributed by atoms with van der Waals surface area (Å²) in [5.74, 6) is 1.69. The Morgan fingerprint density at radius 1 is 1.36 bits per heavy atom. The van der Waals surface area contributed by atoms with Gasteiger partial charge in [-0.2, -0.15) is 5.10 Å². The Bertz CT molecular complexity index is 613. The minimum Gasteiger partial charge on any atom is -0.354 e. The summed E-state index contributed by atoms with van der Waals surface area (Å²) < 4.78 is 1.76. The average Bonchev–Trinajstić information content (AvgIpc) is 3.25. The molecule has 0 radical (unpaired) electrons. The molecule has 1 saturated carbocycles. The lowest BCUT2D eigenvalue weighted by Gasteiger charge is -2.17. The van der Waals surface area contributed by atoms with E-state index in [9.17, 15) is 0 Å². The first-order valence-electron chi connectivity index (χ1n) is 7.77. The molecule has 6 heteroatoms. The van der Waals surface area contributed by atoms with Gasteiger partial charge in [0.1, 0.15) is 0 Å². The lowest BCUT2D eigenvalue weighted by molar-refractivity contribution is 0.613. The molecule has 3 rings (SSSR count). The molecule has 0 bridgehead atoms. The van der Waals surface area contributed by atoms with Crippen LogP contribution in [0.4, 0.5) is 0 Å². The number of guanidine groups is 1. The van der Waals surface area contributed by atoms with Gasteiger partial charge in [-0.15, -0.1) is 0 Å². The number of rotatable bonds is 4. The van der Waals surface area contributed by atoms with Crippen molar-refractivity contribution in [3.63, 3.8) is 0 Å². The standard InChI is InChI=1S/C16H22N6/c1-17-16(21-14-5-2-3-6-14)19-12-13-7-9-18-15(11-13)22-10-4-8-20-22/h4,7-11,14H,2-3,5-6,12H2,1H3,(H2,17,19,21). The number of hydrogen-bond acceptors (Lipinski definition) is 3. The fourth-order valence-electron chi connectivity index (χ4n) is 2.74. The van der Waals surface area contributed by atoms with Gasteiger partial charge in [-0.05, 0) is 36.6 Å². The smallest absolute Gasteiger partial charge is 0.191 e. The van der Waals surface area contributed by atoms with Crippen LogP contribution >= 0.6 is 0 Å². The Kier molecular flexibility index (Phi) is 4.68. The van der Waals surface area contributed by atoms with E-state index in [4.69, 9.17) is 0 Å². The van der Waals surface area contributed by atoms with Crippen molar-refractivity contribution >= 4 is 5.96 Å². The Labute approximate surface area is 130 Å². The quantitative estimate of drug-likeness (QED) is 0.668. The predicted molar refractivity (Wildman–Crippen MR) is 86.9 cm³/mol. The van der Waals surface area contributed by atoms with E-state index in [0.717, 1.165) is 17.3 Å². The number of nitrogens with zero attached hydrogens (tertiary/aromatic N) is 4. The minimum atomic E-state index is 0.559. The van der Waals surface area contributed by atoms with Gasteiger partial charge in [0.2, 0.25) is 0 Å². The highest BCUT2D eigenvalue weighted by molar-refractivity contribution is 5.79. The molecule has 0 aliphatic heterocycles. The van der Waals surface area contributed by atoms with E-state index < -0.39 is 0 Å². The van der Waals surface area contributed by atoms with Crippen LogP contribution in [0.3, 0.4) is 0 Å². The summed E-state index contributed by atoms with van der Waals surface area (Å²) in [6.45, 7) is 0.711. The van der Waals surface area contributed by atoms with Gasteiger partial charge >= 0.3 is 0 Å². The summed E-state index contributed by atoms with van der Waals surface area (Å²) in [5.41, 5.74) is 1.15. The first-order chi connectivity index (χ1) is 10.8. The number of pyridine rings is 1. The largest absolute Gasteiger partial charge is 0.354 e. The molecule has 0 amide bonds. The molecule has 116 valence electrons. The van der Waals surface area contributed by atoms with Crippen molar-refractivity contribution in [3.05, 3.63) is 42.4 Å². The number of aromatic nitrogens is 3. The SMILES string of the molecule is CN=C(NCc1ccnc(-n2cccn2)c1)NC1CCCC1. The predicted octanol–water partition coefficient (Wildman–Crippen LogP) is 1.87. The van der Waals surface area contributed by atoms with Crippen LogP contribution in [0.5, 0.6) is 0 Å². The van der Waals surface area contributed by atoms with Crippen LogP contribution in [0.2, 0.25) is 0 Å². The fraction of sp³-hybridized carbons (Fsp3) is 0.438. The van der Waals surface area contributed by atoms with Crippen molar-refractivity contribution in [1.29, 1.82) is 0 Å². The molecule has 0 atom stereocenters. The van der Waals surface area contributed by atoms with Crippen LogP contribution < -0.4 is 10.6 Å². The van der Waals surface area contributed by atoms with Crippen LogP contribution in [-0.4, -0.2) is 33.8 Å². The van der Waals surface area contributed by atoms with E-state index in [2.05, 4.69) is 25.7 Å². The Balaban J connectivity index is 1.59. The van der Waals surface area contributed by atoms with Crippen LogP contribution in [0, 0.1) is 0 Å². The highest BCUT2D eigenvalue weighted by Crippen LogP contribution is 2.17. The normalized spacial score (nSPS) is 16.0. The summed E-state index contributed by atoms with van der Waals surface area (Å²) >= 11 is 0. The van der Waals surface area contributed by atoms with E-state index in [1.807, 2.05) is 31.4 Å². The Hall–Kier alpha value is -2.37. The molecule has 1 aliphatic rings. The summed E-state index contributed by atoms with van der Waals surface area (Å²) in [6.07, 6.45) is 10.5. The molecule has 6 nitrogen and oxygen atoms in total. The maximum atomic E-state index is 4.34. The molecule has 1 aliphatic carbocycles. The van der Waals surface area contributed by atoms with Gasteiger partial charge in [0, 0.05) is 38.2 Å². The van der Waals surface area contributed by atoms with Crippen molar-refractivity contribution in [2.75, 3.05) is 7.05 Å². The fourth-order valence-corrected chi connectivity index (χ4v) is 2.74. The summed E-state index contributed by atoms with van der Waals surface area (Å²) in [5, 5.41) is 11.1. The second-order valence-electron chi connectivity index (χ2n) is 5.52. The highest BCUT2D eigenvalue weighted by Gasteiger charge is 2.15. The zero-order valence-corrected chi connectivity index (χ0v) is 12.9.